The summed E-state index contributed by atoms with van der Waals surface area (Å²) in [6.45, 7) is 4.07. The Bertz CT molecular complexity index is 61.9. The zero-order valence-corrected chi connectivity index (χ0v) is 5.85. The Kier molecular flexibility index (Phi) is 7.03. The van der Waals surface area contributed by atoms with Crippen molar-refractivity contribution in [1.82, 2.24) is 0 Å². The van der Waals surface area contributed by atoms with Gasteiger partial charge < -0.3 is 4.74 Å². The topological polar surface area (TPSA) is 26.3 Å². The van der Waals surface area contributed by atoms with Crippen molar-refractivity contribution in [2.45, 2.75) is 32.6 Å². The molecule has 0 amide bonds. The average molecular weight is 129 g/mol. The molecule has 0 aromatic heterocycles. The summed E-state index contributed by atoms with van der Waals surface area (Å²) in [5.74, 6) is 0. The van der Waals surface area contributed by atoms with Crippen LogP contribution in [0.4, 0.5) is 0 Å². The quantitative estimate of drug-likeness (QED) is 0.510. The van der Waals surface area contributed by atoms with E-state index < -0.39 is 0 Å². The van der Waals surface area contributed by atoms with Gasteiger partial charge >= 0.3 is 6.47 Å². The van der Waals surface area contributed by atoms with Crippen LogP contribution in [-0.2, 0) is 9.53 Å². The second-order valence-corrected chi connectivity index (χ2v) is 1.99. The molecular formula is C7H13O2. The van der Waals surface area contributed by atoms with Crippen LogP contribution in [0.15, 0.2) is 0 Å². The van der Waals surface area contributed by atoms with Crippen LogP contribution in [0.1, 0.15) is 32.6 Å². The summed E-state index contributed by atoms with van der Waals surface area (Å²) in [5, 5.41) is 0. The Morgan fingerprint density at radius 3 is 2.67 bits per heavy atom. The smallest absolute Gasteiger partial charge is 0.417 e. The average Bonchev–Trinajstić information content (AvgIpc) is 1.89. The lowest BCUT2D eigenvalue weighted by atomic mass is 10.2. The van der Waals surface area contributed by atoms with Crippen molar-refractivity contribution in [1.29, 1.82) is 0 Å². The van der Waals surface area contributed by atoms with Crippen molar-refractivity contribution in [3.63, 3.8) is 0 Å². The van der Waals surface area contributed by atoms with Gasteiger partial charge in [0, 0.05) is 0 Å². The molecule has 9 heavy (non-hydrogen) atoms. The predicted octanol–water partition coefficient (Wildman–Crippen LogP) is 1.65. The van der Waals surface area contributed by atoms with Gasteiger partial charge in [0.1, 0.15) is 0 Å². The van der Waals surface area contributed by atoms with E-state index in [0.29, 0.717) is 6.61 Å². The fourth-order valence-electron chi connectivity index (χ4n) is 0.643. The monoisotopic (exact) mass is 129 g/mol. The fraction of sp³-hybridized carbons (Fsp3) is 0.857. The zero-order chi connectivity index (χ0) is 6.95. The molecule has 53 valence electrons. The molecule has 0 rings (SSSR count). The molecule has 0 heterocycles. The van der Waals surface area contributed by atoms with Crippen LogP contribution in [0.2, 0.25) is 0 Å². The van der Waals surface area contributed by atoms with E-state index in [4.69, 9.17) is 0 Å². The van der Waals surface area contributed by atoms with Crippen molar-refractivity contribution in [3.05, 3.63) is 0 Å². The van der Waals surface area contributed by atoms with Crippen molar-refractivity contribution in [2.24, 2.45) is 0 Å². The molecule has 0 aromatic carbocycles. The molecular weight excluding hydrogens is 116 g/mol. The van der Waals surface area contributed by atoms with E-state index in [0.717, 1.165) is 12.8 Å². The van der Waals surface area contributed by atoms with Gasteiger partial charge in [0.25, 0.3) is 0 Å². The van der Waals surface area contributed by atoms with Crippen molar-refractivity contribution in [3.8, 4) is 0 Å². The Balaban J connectivity index is 2.66. The van der Waals surface area contributed by atoms with Crippen LogP contribution in [0, 0.1) is 0 Å². The van der Waals surface area contributed by atoms with Crippen molar-refractivity contribution >= 4 is 6.47 Å². The zero-order valence-electron chi connectivity index (χ0n) is 5.85. The third-order valence-corrected chi connectivity index (χ3v) is 1.16. The predicted molar refractivity (Wildman–Crippen MR) is 35.8 cm³/mol. The molecule has 1 radical (unpaired) electrons. The van der Waals surface area contributed by atoms with Gasteiger partial charge in [0.05, 0.1) is 6.61 Å². The number of rotatable bonds is 6. The van der Waals surface area contributed by atoms with Crippen LogP contribution < -0.4 is 0 Å². The van der Waals surface area contributed by atoms with Crippen LogP contribution >= 0.6 is 0 Å². The molecule has 0 saturated heterocycles. The van der Waals surface area contributed by atoms with Gasteiger partial charge in [-0.05, 0) is 6.42 Å². The normalized spacial score (nSPS) is 9.00. The maximum Gasteiger partial charge on any atom is 0.417 e. The SMILES string of the molecule is CCCCCCO[C]=O. The molecule has 0 saturated carbocycles. The molecule has 0 atom stereocenters. The summed E-state index contributed by atoms with van der Waals surface area (Å²) < 4.78 is 4.37. The van der Waals surface area contributed by atoms with Gasteiger partial charge in [-0.25, -0.2) is 4.79 Å². The standard InChI is InChI=1S/C7H13O2/c1-2-3-4-5-6-9-7-8/h2-6H2,1H3. The van der Waals surface area contributed by atoms with Gasteiger partial charge in [-0.15, -0.1) is 0 Å². The van der Waals surface area contributed by atoms with Gasteiger partial charge in [-0.2, -0.15) is 0 Å². The number of hydrogen-bond acceptors (Lipinski definition) is 2. The first kappa shape index (κ1) is 8.47. The van der Waals surface area contributed by atoms with Gasteiger partial charge in [0.2, 0.25) is 0 Å². The first-order chi connectivity index (χ1) is 4.41. The number of ether oxygens (including phenoxy) is 1. The highest BCUT2D eigenvalue weighted by Crippen LogP contribution is 1.97. The summed E-state index contributed by atoms with van der Waals surface area (Å²) in [5.41, 5.74) is 0. The molecule has 0 spiro atoms. The highest BCUT2D eigenvalue weighted by atomic mass is 16.5. The second kappa shape index (κ2) is 7.47. The minimum Gasteiger partial charge on any atom is -0.457 e. The number of hydrogen-bond donors (Lipinski definition) is 0. The third-order valence-electron chi connectivity index (χ3n) is 1.16. The van der Waals surface area contributed by atoms with E-state index in [1.165, 1.54) is 19.3 Å². The van der Waals surface area contributed by atoms with Crippen LogP contribution in [0.25, 0.3) is 0 Å². The van der Waals surface area contributed by atoms with Crippen LogP contribution in [0.3, 0.4) is 0 Å². The lowest BCUT2D eigenvalue weighted by Gasteiger charge is -1.95. The highest BCUT2D eigenvalue weighted by molar-refractivity contribution is 5.37. The van der Waals surface area contributed by atoms with Crippen LogP contribution in [0.5, 0.6) is 0 Å². The van der Waals surface area contributed by atoms with Crippen molar-refractivity contribution in [2.75, 3.05) is 6.61 Å². The maximum absolute atomic E-state index is 9.49. The van der Waals surface area contributed by atoms with Gasteiger partial charge in [-0.3, -0.25) is 0 Å². The second-order valence-electron chi connectivity index (χ2n) is 1.99. The summed E-state index contributed by atoms with van der Waals surface area (Å²) in [6, 6.07) is 0. The summed E-state index contributed by atoms with van der Waals surface area (Å²) in [7, 11) is 0. The summed E-state index contributed by atoms with van der Waals surface area (Å²) >= 11 is 0. The summed E-state index contributed by atoms with van der Waals surface area (Å²) in [4.78, 5) is 9.49. The number of unbranched alkanes of at least 4 members (excludes halogenated alkanes) is 3. The number of carbonyl (C=O) groups excluding carboxylic acids is 1. The van der Waals surface area contributed by atoms with E-state index in [2.05, 4.69) is 11.7 Å². The Morgan fingerprint density at radius 2 is 2.11 bits per heavy atom. The van der Waals surface area contributed by atoms with E-state index >= 15 is 0 Å². The Morgan fingerprint density at radius 1 is 1.33 bits per heavy atom. The van der Waals surface area contributed by atoms with Crippen molar-refractivity contribution < 1.29 is 9.53 Å². The molecule has 0 aliphatic heterocycles. The highest BCUT2D eigenvalue weighted by Gasteiger charge is 1.86. The molecule has 2 heteroatoms. The van der Waals surface area contributed by atoms with Gasteiger partial charge in [-0.1, -0.05) is 26.2 Å². The maximum atomic E-state index is 9.49. The molecule has 0 aliphatic rings. The molecule has 0 N–H and O–H groups in total. The minimum absolute atomic E-state index is 0.531. The Hall–Kier alpha value is -0.530. The summed E-state index contributed by atoms with van der Waals surface area (Å²) in [6.07, 6.45) is 4.56. The Labute approximate surface area is 56.2 Å². The molecule has 0 fully saturated rings. The first-order valence-corrected chi connectivity index (χ1v) is 3.40. The minimum atomic E-state index is 0.531. The van der Waals surface area contributed by atoms with E-state index in [1.54, 1.807) is 0 Å². The molecule has 0 bridgehead atoms. The largest absolute Gasteiger partial charge is 0.457 e. The first-order valence-electron chi connectivity index (χ1n) is 3.40. The molecule has 0 aromatic rings. The van der Waals surface area contributed by atoms with Crippen LogP contribution in [-0.4, -0.2) is 13.1 Å². The third kappa shape index (κ3) is 7.47. The fourth-order valence-corrected chi connectivity index (χ4v) is 0.643. The van der Waals surface area contributed by atoms with Gasteiger partial charge in [0.15, 0.2) is 0 Å². The van der Waals surface area contributed by atoms with E-state index in [-0.39, 0.29) is 0 Å². The van der Waals surface area contributed by atoms with E-state index in [1.807, 2.05) is 0 Å². The molecule has 0 aliphatic carbocycles. The lowest BCUT2D eigenvalue weighted by Crippen LogP contribution is -1.90. The van der Waals surface area contributed by atoms with E-state index in [9.17, 15) is 4.79 Å². The molecule has 2 nitrogen and oxygen atoms in total. The lowest BCUT2D eigenvalue weighted by molar-refractivity contribution is 0.269. The molecule has 0 unspecified atom stereocenters.